The molecule has 0 radical (unpaired) electrons. The van der Waals surface area contributed by atoms with Crippen molar-refractivity contribution in [3.63, 3.8) is 0 Å². The van der Waals surface area contributed by atoms with Crippen LogP contribution >= 0.6 is 0 Å². The average molecular weight is 449 g/mol. The van der Waals surface area contributed by atoms with Crippen LogP contribution in [-0.2, 0) is 19.1 Å². The summed E-state index contributed by atoms with van der Waals surface area (Å²) >= 11 is 0. The number of carboxylic acid groups (broad SMARTS) is 2. The Morgan fingerprint density at radius 1 is 1.22 bits per heavy atom. The molecule has 3 amide bonds. The van der Waals surface area contributed by atoms with Crippen molar-refractivity contribution in [3.8, 4) is 0 Å². The Bertz CT molecular complexity index is 833. The maximum atomic E-state index is 12.1. The van der Waals surface area contributed by atoms with Crippen molar-refractivity contribution in [2.75, 3.05) is 31.6 Å². The summed E-state index contributed by atoms with van der Waals surface area (Å²) in [5.41, 5.74) is 0. The first-order valence-electron chi connectivity index (χ1n) is 10.4. The number of hydrogen-bond acceptors (Lipinski definition) is 7. The predicted octanol–water partition coefficient (Wildman–Crippen LogP) is -0.273. The zero-order valence-corrected chi connectivity index (χ0v) is 17.4. The number of pyridine rings is 1. The molecule has 0 spiro atoms. The van der Waals surface area contributed by atoms with Gasteiger partial charge in [-0.15, -0.1) is 0 Å². The quantitative estimate of drug-likeness (QED) is 0.305. The van der Waals surface area contributed by atoms with E-state index in [1.165, 1.54) is 4.90 Å². The van der Waals surface area contributed by atoms with Crippen LogP contribution in [0.15, 0.2) is 24.4 Å². The normalized spacial score (nSPS) is 20.9. The summed E-state index contributed by atoms with van der Waals surface area (Å²) in [5, 5.41) is 26.6. The monoisotopic (exact) mass is 449 g/mol. The first kappa shape index (κ1) is 23.3. The highest BCUT2D eigenvalue weighted by Crippen LogP contribution is 2.28. The lowest BCUT2D eigenvalue weighted by atomic mass is 10.2. The van der Waals surface area contributed by atoms with Crippen molar-refractivity contribution < 1.29 is 34.1 Å². The zero-order valence-electron chi connectivity index (χ0n) is 17.4. The molecular weight excluding hydrogens is 422 g/mol. The van der Waals surface area contributed by atoms with Crippen LogP contribution in [0.2, 0.25) is 0 Å². The third kappa shape index (κ3) is 6.80. The molecule has 174 valence electrons. The Kier molecular flexibility index (Phi) is 7.82. The van der Waals surface area contributed by atoms with Crippen molar-refractivity contribution in [1.82, 2.24) is 20.5 Å². The van der Waals surface area contributed by atoms with Gasteiger partial charge >= 0.3 is 12.1 Å². The van der Waals surface area contributed by atoms with E-state index in [0.29, 0.717) is 18.8 Å². The molecule has 12 heteroatoms. The molecule has 2 aliphatic rings. The Morgan fingerprint density at radius 3 is 2.62 bits per heavy atom. The molecule has 0 aromatic carbocycles. The summed E-state index contributed by atoms with van der Waals surface area (Å²) in [6, 6.07) is 3.80. The van der Waals surface area contributed by atoms with Crippen LogP contribution in [-0.4, -0.2) is 88.4 Å². The highest BCUT2D eigenvalue weighted by molar-refractivity contribution is 5.87. The number of nitrogens with zero attached hydrogens (tertiary/aromatic N) is 2. The minimum atomic E-state index is -1.24. The molecule has 32 heavy (non-hydrogen) atoms. The van der Waals surface area contributed by atoms with Crippen LogP contribution in [0, 0.1) is 5.92 Å². The van der Waals surface area contributed by atoms with Crippen molar-refractivity contribution in [2.24, 2.45) is 5.92 Å². The number of likely N-dealkylation sites (tertiary alicyclic amines) is 1. The van der Waals surface area contributed by atoms with Crippen LogP contribution in [0.5, 0.6) is 0 Å². The van der Waals surface area contributed by atoms with Gasteiger partial charge in [-0.05, 0) is 31.4 Å². The molecule has 1 saturated heterocycles. The summed E-state index contributed by atoms with van der Waals surface area (Å²) in [5.74, 6) is -1.63. The third-order valence-electron chi connectivity index (χ3n) is 5.32. The summed E-state index contributed by atoms with van der Waals surface area (Å²) in [6.45, 7) is -0.150. The largest absolute Gasteiger partial charge is 0.480 e. The second-order valence-electron chi connectivity index (χ2n) is 7.83. The predicted molar refractivity (Wildman–Crippen MR) is 111 cm³/mol. The van der Waals surface area contributed by atoms with Crippen molar-refractivity contribution >= 4 is 29.7 Å². The number of ether oxygens (including phenoxy) is 1. The number of hydrogen-bond donors (Lipinski definition) is 5. The lowest BCUT2D eigenvalue weighted by molar-refractivity contribution is -0.142. The molecule has 0 bridgehead atoms. The molecule has 5 N–H and O–H groups in total. The van der Waals surface area contributed by atoms with Crippen LogP contribution in [0.4, 0.5) is 10.6 Å². The SMILES string of the molecule is O=C(COC1CC(CNc2ccccn2)N(C(=O)O)C1)NCC(NC(=O)C1CC1)C(=O)O. The van der Waals surface area contributed by atoms with Gasteiger partial charge in [0.1, 0.15) is 18.5 Å². The van der Waals surface area contributed by atoms with Crippen LogP contribution in [0.3, 0.4) is 0 Å². The van der Waals surface area contributed by atoms with Gasteiger partial charge in [0.2, 0.25) is 11.8 Å². The van der Waals surface area contributed by atoms with Gasteiger partial charge in [-0.3, -0.25) is 9.59 Å². The second-order valence-corrected chi connectivity index (χ2v) is 7.83. The van der Waals surface area contributed by atoms with Gasteiger partial charge in [-0.25, -0.2) is 14.6 Å². The number of amides is 3. The minimum Gasteiger partial charge on any atom is -0.480 e. The van der Waals surface area contributed by atoms with Crippen molar-refractivity contribution in [1.29, 1.82) is 0 Å². The fourth-order valence-electron chi connectivity index (χ4n) is 3.41. The molecule has 2 fully saturated rings. The summed E-state index contributed by atoms with van der Waals surface area (Å²) in [7, 11) is 0. The highest BCUT2D eigenvalue weighted by atomic mass is 16.5. The first-order chi connectivity index (χ1) is 15.3. The Hall–Kier alpha value is -3.41. The summed E-state index contributed by atoms with van der Waals surface area (Å²) in [4.78, 5) is 52.1. The van der Waals surface area contributed by atoms with Crippen molar-refractivity contribution in [3.05, 3.63) is 24.4 Å². The van der Waals surface area contributed by atoms with Gasteiger partial charge in [-0.1, -0.05) is 6.07 Å². The van der Waals surface area contributed by atoms with E-state index < -0.39 is 30.1 Å². The molecule has 1 aliphatic heterocycles. The van der Waals surface area contributed by atoms with Crippen LogP contribution in [0.1, 0.15) is 19.3 Å². The number of carbonyl (C=O) groups is 4. The van der Waals surface area contributed by atoms with Gasteiger partial charge in [0, 0.05) is 25.2 Å². The van der Waals surface area contributed by atoms with E-state index in [9.17, 15) is 29.4 Å². The molecular formula is C20H27N5O7. The number of anilines is 1. The van der Waals surface area contributed by atoms with Gasteiger partial charge in [-0.2, -0.15) is 0 Å². The van der Waals surface area contributed by atoms with Gasteiger partial charge < -0.3 is 35.8 Å². The van der Waals surface area contributed by atoms with E-state index in [0.717, 1.165) is 12.8 Å². The first-order valence-corrected chi connectivity index (χ1v) is 10.4. The second kappa shape index (κ2) is 10.8. The average Bonchev–Trinajstić information content (AvgIpc) is 3.54. The fourth-order valence-corrected chi connectivity index (χ4v) is 3.41. The number of carbonyl (C=O) groups excluding carboxylic acids is 2. The lowest BCUT2D eigenvalue weighted by Crippen LogP contribution is -2.49. The molecule has 2 heterocycles. The Morgan fingerprint density at radius 2 is 2.00 bits per heavy atom. The molecule has 12 nitrogen and oxygen atoms in total. The number of aliphatic carboxylic acids is 1. The van der Waals surface area contributed by atoms with E-state index in [1.54, 1.807) is 18.3 Å². The highest BCUT2D eigenvalue weighted by Gasteiger charge is 2.36. The van der Waals surface area contributed by atoms with E-state index >= 15 is 0 Å². The van der Waals surface area contributed by atoms with Crippen LogP contribution < -0.4 is 16.0 Å². The zero-order chi connectivity index (χ0) is 23.1. The molecule has 1 aromatic rings. The van der Waals surface area contributed by atoms with Crippen molar-refractivity contribution in [2.45, 2.75) is 37.5 Å². The maximum absolute atomic E-state index is 12.1. The smallest absolute Gasteiger partial charge is 0.407 e. The minimum absolute atomic E-state index is 0.117. The van der Waals surface area contributed by atoms with Crippen LogP contribution in [0.25, 0.3) is 0 Å². The topological polar surface area (TPSA) is 170 Å². The van der Waals surface area contributed by atoms with E-state index in [-0.39, 0.29) is 37.6 Å². The Labute approximate surface area is 184 Å². The fraction of sp³-hybridized carbons (Fsp3) is 0.550. The summed E-state index contributed by atoms with van der Waals surface area (Å²) < 4.78 is 5.55. The summed E-state index contributed by atoms with van der Waals surface area (Å²) in [6.07, 6.45) is 1.95. The van der Waals surface area contributed by atoms with Gasteiger partial charge in [0.15, 0.2) is 0 Å². The van der Waals surface area contributed by atoms with Gasteiger partial charge in [0.25, 0.3) is 0 Å². The molecule has 1 aliphatic carbocycles. The standard InChI is InChI=1S/C20H27N5O7/c26-17(23-9-15(19(28)29)24-18(27)12-4-5-12)11-32-14-7-13(25(10-14)20(30)31)8-22-16-3-1-2-6-21-16/h1-3,6,12-15H,4-5,7-11H2,(H,21,22)(H,23,26)(H,24,27)(H,28,29)(H,30,31). The number of rotatable bonds is 11. The number of carboxylic acids is 1. The molecule has 1 aromatic heterocycles. The van der Waals surface area contributed by atoms with E-state index in [4.69, 9.17) is 4.74 Å². The molecule has 3 atom stereocenters. The maximum Gasteiger partial charge on any atom is 0.407 e. The molecule has 3 rings (SSSR count). The van der Waals surface area contributed by atoms with E-state index in [2.05, 4.69) is 20.9 Å². The number of aromatic nitrogens is 1. The lowest BCUT2D eigenvalue weighted by Gasteiger charge is -2.21. The molecule has 3 unspecified atom stereocenters. The number of nitrogens with one attached hydrogen (secondary N) is 3. The van der Waals surface area contributed by atoms with Gasteiger partial charge in [0.05, 0.1) is 18.7 Å². The Balaban J connectivity index is 1.41. The molecule has 1 saturated carbocycles. The van der Waals surface area contributed by atoms with E-state index in [1.807, 2.05) is 6.07 Å². The third-order valence-corrected chi connectivity index (χ3v) is 5.32.